The van der Waals surface area contributed by atoms with Crippen LogP contribution in [0, 0.1) is 0 Å². The van der Waals surface area contributed by atoms with E-state index < -0.39 is 15.8 Å². The molecule has 1 fully saturated rings. The van der Waals surface area contributed by atoms with E-state index in [-0.39, 0.29) is 23.5 Å². The second kappa shape index (κ2) is 7.87. The molecule has 0 radical (unpaired) electrons. The first-order chi connectivity index (χ1) is 12.9. The number of carbonyl (C=O) groups is 1. The first-order valence-electron chi connectivity index (χ1n) is 8.54. The fraction of sp³-hybridized carbons (Fsp3) is 0.412. The molecule has 1 aromatic heterocycles. The normalized spacial score (nSPS) is 18.1. The average molecular weight is 391 g/mol. The van der Waals surface area contributed by atoms with Crippen LogP contribution in [0.15, 0.2) is 30.5 Å². The molecular weight excluding hydrogens is 370 g/mol. The predicted molar refractivity (Wildman–Crippen MR) is 101 cm³/mol. The molecule has 144 valence electrons. The fourth-order valence-corrected chi connectivity index (χ4v) is 4.85. The van der Waals surface area contributed by atoms with Crippen molar-refractivity contribution in [3.63, 3.8) is 0 Å². The second-order valence-electron chi connectivity index (χ2n) is 6.14. The standard InChI is InChI=1S/C17H21N5O4S/c1-3-22(12-8-9-27(24,25)11-12)15-10-18-21-17(20-15)19-14-7-5-4-6-13(14)16(23)26-2/h4-7,10,12H,3,8-9,11H2,1-2H3,(H,19,20,21). The Morgan fingerprint density at radius 3 is 2.81 bits per heavy atom. The van der Waals surface area contributed by atoms with Crippen LogP contribution in [0.5, 0.6) is 0 Å². The molecule has 10 heteroatoms. The molecule has 2 aromatic rings. The van der Waals surface area contributed by atoms with Gasteiger partial charge in [-0.3, -0.25) is 0 Å². The number of nitrogens with zero attached hydrogens (tertiary/aromatic N) is 4. The summed E-state index contributed by atoms with van der Waals surface area (Å²) in [6.45, 7) is 2.53. The maximum Gasteiger partial charge on any atom is 0.339 e. The maximum atomic E-state index is 11.9. The molecule has 1 saturated heterocycles. The van der Waals surface area contributed by atoms with Gasteiger partial charge in [0.15, 0.2) is 15.7 Å². The van der Waals surface area contributed by atoms with E-state index in [2.05, 4.69) is 20.5 Å². The van der Waals surface area contributed by atoms with Crippen molar-refractivity contribution in [1.29, 1.82) is 0 Å². The number of benzene rings is 1. The van der Waals surface area contributed by atoms with Crippen molar-refractivity contribution in [3.8, 4) is 0 Å². The van der Waals surface area contributed by atoms with Gasteiger partial charge < -0.3 is 15.0 Å². The van der Waals surface area contributed by atoms with E-state index in [1.807, 2.05) is 11.8 Å². The average Bonchev–Trinajstić information content (AvgIpc) is 3.02. The minimum absolute atomic E-state index is 0.110. The van der Waals surface area contributed by atoms with Crippen LogP contribution in [-0.4, -0.2) is 60.8 Å². The van der Waals surface area contributed by atoms with Crippen LogP contribution < -0.4 is 10.2 Å². The first-order valence-corrected chi connectivity index (χ1v) is 10.4. The van der Waals surface area contributed by atoms with E-state index in [0.29, 0.717) is 30.0 Å². The van der Waals surface area contributed by atoms with Gasteiger partial charge in [-0.15, -0.1) is 5.10 Å². The van der Waals surface area contributed by atoms with E-state index in [9.17, 15) is 13.2 Å². The summed E-state index contributed by atoms with van der Waals surface area (Å²) in [7, 11) is -1.70. The Hall–Kier alpha value is -2.75. The molecule has 1 aliphatic rings. The van der Waals surface area contributed by atoms with Crippen molar-refractivity contribution in [3.05, 3.63) is 36.0 Å². The summed E-state index contributed by atoms with van der Waals surface area (Å²) in [6, 6.07) is 6.71. The lowest BCUT2D eigenvalue weighted by Gasteiger charge is -2.27. The Kier molecular flexibility index (Phi) is 5.54. The molecule has 1 N–H and O–H groups in total. The minimum Gasteiger partial charge on any atom is -0.465 e. The Morgan fingerprint density at radius 1 is 1.37 bits per heavy atom. The number of rotatable bonds is 6. The predicted octanol–water partition coefficient (Wildman–Crippen LogP) is 1.42. The van der Waals surface area contributed by atoms with Crippen LogP contribution in [0.1, 0.15) is 23.7 Å². The molecule has 2 heterocycles. The molecule has 0 spiro atoms. The quantitative estimate of drug-likeness (QED) is 0.730. The number of nitrogens with one attached hydrogen (secondary N) is 1. The summed E-state index contributed by atoms with van der Waals surface area (Å²) in [6.07, 6.45) is 2.07. The third-order valence-corrected chi connectivity index (χ3v) is 6.16. The first kappa shape index (κ1) is 19.0. The Labute approximate surface area is 157 Å². The van der Waals surface area contributed by atoms with Crippen LogP contribution >= 0.6 is 0 Å². The van der Waals surface area contributed by atoms with Gasteiger partial charge in [0.2, 0.25) is 5.95 Å². The molecule has 27 heavy (non-hydrogen) atoms. The highest BCUT2D eigenvalue weighted by Crippen LogP contribution is 2.24. The lowest BCUT2D eigenvalue weighted by atomic mass is 10.2. The molecule has 0 aliphatic carbocycles. The van der Waals surface area contributed by atoms with Crippen molar-refractivity contribution in [2.45, 2.75) is 19.4 Å². The number of carbonyl (C=O) groups excluding carboxylic acids is 1. The summed E-state index contributed by atoms with van der Waals surface area (Å²) in [5.74, 6) is 0.563. The molecule has 0 bridgehead atoms. The van der Waals surface area contributed by atoms with Crippen LogP contribution in [0.25, 0.3) is 0 Å². The van der Waals surface area contributed by atoms with Crippen molar-refractivity contribution >= 4 is 33.3 Å². The third-order valence-electron chi connectivity index (χ3n) is 4.41. The van der Waals surface area contributed by atoms with Crippen LogP contribution in [-0.2, 0) is 14.6 Å². The highest BCUT2D eigenvalue weighted by atomic mass is 32.2. The summed E-state index contributed by atoms with van der Waals surface area (Å²) in [5, 5.41) is 10.9. The van der Waals surface area contributed by atoms with Gasteiger partial charge in [-0.2, -0.15) is 10.1 Å². The highest BCUT2D eigenvalue weighted by Gasteiger charge is 2.32. The molecule has 1 atom stereocenters. The lowest BCUT2D eigenvalue weighted by molar-refractivity contribution is 0.0602. The minimum atomic E-state index is -3.01. The summed E-state index contributed by atoms with van der Waals surface area (Å²) < 4.78 is 28.4. The third kappa shape index (κ3) is 4.33. The van der Waals surface area contributed by atoms with Crippen molar-refractivity contribution in [2.75, 3.05) is 35.4 Å². The van der Waals surface area contributed by atoms with E-state index >= 15 is 0 Å². The highest BCUT2D eigenvalue weighted by molar-refractivity contribution is 7.91. The molecule has 1 unspecified atom stereocenters. The monoisotopic (exact) mass is 391 g/mol. The van der Waals surface area contributed by atoms with Crippen LogP contribution in [0.4, 0.5) is 17.5 Å². The molecule has 9 nitrogen and oxygen atoms in total. The fourth-order valence-electron chi connectivity index (χ4n) is 3.12. The van der Waals surface area contributed by atoms with Gasteiger partial charge in [-0.25, -0.2) is 13.2 Å². The number of sulfone groups is 1. The van der Waals surface area contributed by atoms with Crippen molar-refractivity contribution in [1.82, 2.24) is 15.2 Å². The van der Waals surface area contributed by atoms with E-state index in [1.165, 1.54) is 13.3 Å². The molecule has 1 aromatic carbocycles. The number of methoxy groups -OCH3 is 1. The lowest BCUT2D eigenvalue weighted by Crippen LogP contribution is -2.37. The molecule has 1 aliphatic heterocycles. The van der Waals surface area contributed by atoms with Gasteiger partial charge in [0.25, 0.3) is 0 Å². The zero-order valence-electron chi connectivity index (χ0n) is 15.1. The number of para-hydroxylation sites is 1. The Morgan fingerprint density at radius 2 is 2.15 bits per heavy atom. The van der Waals surface area contributed by atoms with Crippen LogP contribution in [0.3, 0.4) is 0 Å². The number of hydrogen-bond acceptors (Lipinski definition) is 9. The Balaban J connectivity index is 1.85. The van der Waals surface area contributed by atoms with Gasteiger partial charge in [-0.1, -0.05) is 12.1 Å². The van der Waals surface area contributed by atoms with Crippen LogP contribution in [0.2, 0.25) is 0 Å². The van der Waals surface area contributed by atoms with Gasteiger partial charge >= 0.3 is 5.97 Å². The van der Waals surface area contributed by atoms with E-state index in [4.69, 9.17) is 4.74 Å². The topological polar surface area (TPSA) is 114 Å². The number of anilines is 3. The zero-order valence-corrected chi connectivity index (χ0v) is 15.9. The number of hydrogen-bond donors (Lipinski definition) is 1. The number of ether oxygens (including phenoxy) is 1. The van der Waals surface area contributed by atoms with E-state index in [0.717, 1.165) is 0 Å². The molecule has 0 saturated carbocycles. The second-order valence-corrected chi connectivity index (χ2v) is 8.37. The van der Waals surface area contributed by atoms with Gasteiger partial charge in [-0.05, 0) is 25.5 Å². The smallest absolute Gasteiger partial charge is 0.339 e. The van der Waals surface area contributed by atoms with Gasteiger partial charge in [0, 0.05) is 12.6 Å². The molecular formula is C17H21N5O4S. The SMILES string of the molecule is CCN(c1cnnc(Nc2ccccc2C(=O)OC)n1)C1CCS(=O)(=O)C1. The number of esters is 1. The van der Waals surface area contributed by atoms with E-state index in [1.54, 1.807) is 24.3 Å². The zero-order chi connectivity index (χ0) is 19.4. The van der Waals surface area contributed by atoms with Gasteiger partial charge in [0.05, 0.1) is 36.1 Å². The van der Waals surface area contributed by atoms with Crippen molar-refractivity contribution < 1.29 is 17.9 Å². The Bertz CT molecular complexity index is 934. The largest absolute Gasteiger partial charge is 0.465 e. The van der Waals surface area contributed by atoms with Crippen molar-refractivity contribution in [2.24, 2.45) is 0 Å². The maximum absolute atomic E-state index is 11.9. The van der Waals surface area contributed by atoms with Gasteiger partial charge in [0.1, 0.15) is 0 Å². The molecule has 3 rings (SSSR count). The molecule has 0 amide bonds. The number of aromatic nitrogens is 3. The summed E-state index contributed by atoms with van der Waals surface area (Å²) in [5.41, 5.74) is 0.845. The summed E-state index contributed by atoms with van der Waals surface area (Å²) >= 11 is 0. The summed E-state index contributed by atoms with van der Waals surface area (Å²) in [4.78, 5) is 18.3.